The molecule has 0 aliphatic heterocycles. The predicted octanol–water partition coefficient (Wildman–Crippen LogP) is 3.13. The summed E-state index contributed by atoms with van der Waals surface area (Å²) >= 11 is 1.29. The Morgan fingerprint density at radius 1 is 1.20 bits per heavy atom. The first-order chi connectivity index (χ1) is 11.8. The van der Waals surface area contributed by atoms with Gasteiger partial charge in [-0.2, -0.15) is 0 Å². The van der Waals surface area contributed by atoms with Crippen LogP contribution >= 0.6 is 11.3 Å². The number of aryl methyl sites for hydroxylation is 2. The quantitative estimate of drug-likeness (QED) is 0.718. The molecule has 0 amide bonds. The summed E-state index contributed by atoms with van der Waals surface area (Å²) in [5.74, 6) is 0. The van der Waals surface area contributed by atoms with Crippen molar-refractivity contribution >= 4 is 32.3 Å². The fourth-order valence-electron chi connectivity index (χ4n) is 3.03. The number of nitrogens with one attached hydrogen (secondary N) is 1. The minimum absolute atomic E-state index is 0.0538. The molecule has 0 fully saturated rings. The summed E-state index contributed by atoms with van der Waals surface area (Å²) in [4.78, 5) is 3.03. The van der Waals surface area contributed by atoms with Gasteiger partial charge in [0.2, 0.25) is 10.0 Å². The molecular weight excluding hydrogens is 354 g/mol. The molecule has 0 aliphatic rings. The van der Waals surface area contributed by atoms with E-state index in [1.807, 2.05) is 51.2 Å². The Morgan fingerprint density at radius 2 is 1.92 bits per heavy atom. The van der Waals surface area contributed by atoms with E-state index in [4.69, 9.17) is 0 Å². The van der Waals surface area contributed by atoms with E-state index in [-0.39, 0.29) is 6.04 Å². The first kappa shape index (κ1) is 18.1. The lowest BCUT2D eigenvalue weighted by Gasteiger charge is -2.24. The molecule has 0 radical (unpaired) electrons. The van der Waals surface area contributed by atoms with Crippen molar-refractivity contribution in [2.45, 2.75) is 17.2 Å². The number of hydrogen-bond donors (Lipinski definition) is 1. The number of rotatable bonds is 6. The van der Waals surface area contributed by atoms with Crippen LogP contribution in [0.5, 0.6) is 0 Å². The summed E-state index contributed by atoms with van der Waals surface area (Å²) in [6.45, 7) is 2.22. The van der Waals surface area contributed by atoms with Crippen LogP contribution in [0.4, 0.5) is 0 Å². The smallest absolute Gasteiger partial charge is 0.250 e. The normalized spacial score (nSPS) is 13.6. The molecule has 0 spiro atoms. The zero-order valence-electron chi connectivity index (χ0n) is 14.9. The van der Waals surface area contributed by atoms with Gasteiger partial charge < -0.3 is 9.47 Å². The molecule has 1 aromatic carbocycles. The topological polar surface area (TPSA) is 54.3 Å². The first-order valence-corrected chi connectivity index (χ1v) is 10.4. The number of nitrogens with zero attached hydrogens (tertiary/aromatic N) is 2. The highest BCUT2D eigenvalue weighted by Crippen LogP contribution is 2.29. The Labute approximate surface area is 152 Å². The van der Waals surface area contributed by atoms with Crippen LogP contribution in [-0.4, -0.2) is 38.5 Å². The second-order valence-corrected chi connectivity index (χ2v) is 9.69. The third-order valence-corrected chi connectivity index (χ3v) is 7.27. The van der Waals surface area contributed by atoms with Crippen molar-refractivity contribution in [3.05, 3.63) is 53.0 Å². The van der Waals surface area contributed by atoms with E-state index < -0.39 is 10.0 Å². The van der Waals surface area contributed by atoms with E-state index >= 15 is 0 Å². The lowest BCUT2D eigenvalue weighted by Crippen LogP contribution is -2.34. The molecule has 0 bridgehead atoms. The molecule has 0 saturated heterocycles. The molecule has 5 nitrogen and oxygen atoms in total. The van der Waals surface area contributed by atoms with Crippen LogP contribution in [-0.2, 0) is 17.1 Å². The van der Waals surface area contributed by atoms with Gasteiger partial charge >= 0.3 is 0 Å². The van der Waals surface area contributed by atoms with Gasteiger partial charge in [-0.15, -0.1) is 11.3 Å². The largest absolute Gasteiger partial charge is 0.350 e. The van der Waals surface area contributed by atoms with Crippen molar-refractivity contribution in [1.82, 2.24) is 14.2 Å². The number of aromatic nitrogens is 1. The monoisotopic (exact) mass is 377 g/mol. The summed E-state index contributed by atoms with van der Waals surface area (Å²) in [6, 6.07) is 11.6. The maximum atomic E-state index is 12.5. The Bertz CT molecular complexity index is 987. The van der Waals surface area contributed by atoms with Crippen LogP contribution in [0.25, 0.3) is 10.9 Å². The van der Waals surface area contributed by atoms with E-state index in [1.165, 1.54) is 11.3 Å². The number of thiophene rings is 1. The summed E-state index contributed by atoms with van der Waals surface area (Å²) in [7, 11) is 2.46. The highest BCUT2D eigenvalue weighted by atomic mass is 32.2. The van der Waals surface area contributed by atoms with Crippen molar-refractivity contribution in [2.75, 3.05) is 20.6 Å². The van der Waals surface area contributed by atoms with Gasteiger partial charge in [0.15, 0.2) is 0 Å². The van der Waals surface area contributed by atoms with Crippen molar-refractivity contribution in [1.29, 1.82) is 0 Å². The molecule has 0 unspecified atom stereocenters. The number of para-hydroxylation sites is 1. The van der Waals surface area contributed by atoms with Gasteiger partial charge in [0.05, 0.1) is 0 Å². The van der Waals surface area contributed by atoms with Crippen LogP contribution in [0.15, 0.2) is 46.8 Å². The Balaban J connectivity index is 1.89. The van der Waals surface area contributed by atoms with Crippen LogP contribution in [0, 0.1) is 6.92 Å². The van der Waals surface area contributed by atoms with Gasteiger partial charge in [0, 0.05) is 41.6 Å². The number of hydrogen-bond acceptors (Lipinski definition) is 4. The van der Waals surface area contributed by atoms with Crippen LogP contribution in [0.1, 0.15) is 16.5 Å². The number of fused-ring (bicyclic) bond motifs is 1. The number of likely N-dealkylation sites (N-methyl/N-ethyl adjacent to an activating group) is 1. The average molecular weight is 378 g/mol. The van der Waals surface area contributed by atoms with E-state index in [2.05, 4.69) is 27.6 Å². The van der Waals surface area contributed by atoms with Crippen molar-refractivity contribution in [2.24, 2.45) is 7.05 Å². The minimum atomic E-state index is -3.49. The summed E-state index contributed by atoms with van der Waals surface area (Å²) < 4.78 is 30.3. The van der Waals surface area contributed by atoms with Gasteiger partial charge in [0.1, 0.15) is 4.21 Å². The molecule has 134 valence electrons. The lowest BCUT2D eigenvalue weighted by atomic mass is 10.1. The summed E-state index contributed by atoms with van der Waals surface area (Å²) in [5.41, 5.74) is 2.26. The fraction of sp³-hybridized carbons (Fsp3) is 0.333. The Hall–Kier alpha value is -1.67. The highest BCUT2D eigenvalue weighted by molar-refractivity contribution is 7.91. The van der Waals surface area contributed by atoms with Gasteiger partial charge in [0.25, 0.3) is 0 Å². The molecule has 0 aliphatic carbocycles. The van der Waals surface area contributed by atoms with Crippen molar-refractivity contribution in [3.63, 3.8) is 0 Å². The van der Waals surface area contributed by atoms with Crippen LogP contribution in [0.2, 0.25) is 0 Å². The predicted molar refractivity (Wildman–Crippen MR) is 104 cm³/mol. The molecule has 0 saturated carbocycles. The van der Waals surface area contributed by atoms with Crippen molar-refractivity contribution in [3.8, 4) is 0 Å². The van der Waals surface area contributed by atoms with Gasteiger partial charge in [-0.1, -0.05) is 18.2 Å². The van der Waals surface area contributed by atoms with E-state index in [1.54, 1.807) is 6.07 Å². The lowest BCUT2D eigenvalue weighted by molar-refractivity contribution is 0.301. The highest BCUT2D eigenvalue weighted by Gasteiger charge is 2.23. The standard InChI is InChI=1S/C18H23N3O2S2/c1-13-9-10-18(24-13)25(22,23)19-11-17(20(2)3)15-12-21(4)16-8-6-5-7-14(15)16/h5-10,12,17,19H,11H2,1-4H3/t17-/m0/s1. The molecule has 2 heterocycles. The third kappa shape index (κ3) is 3.64. The van der Waals surface area contributed by atoms with Gasteiger partial charge in [-0.25, -0.2) is 13.1 Å². The number of benzene rings is 1. The maximum Gasteiger partial charge on any atom is 0.250 e. The van der Waals surface area contributed by atoms with Crippen LogP contribution in [0.3, 0.4) is 0 Å². The van der Waals surface area contributed by atoms with Crippen LogP contribution < -0.4 is 4.72 Å². The minimum Gasteiger partial charge on any atom is -0.350 e. The molecule has 25 heavy (non-hydrogen) atoms. The zero-order valence-corrected chi connectivity index (χ0v) is 16.5. The molecule has 1 atom stereocenters. The zero-order chi connectivity index (χ0) is 18.2. The molecule has 2 aromatic heterocycles. The Morgan fingerprint density at radius 3 is 2.56 bits per heavy atom. The molecule has 1 N–H and O–H groups in total. The molecular formula is C18H23N3O2S2. The van der Waals surface area contributed by atoms with Gasteiger partial charge in [-0.05, 0) is 44.8 Å². The van der Waals surface area contributed by atoms with Crippen molar-refractivity contribution < 1.29 is 8.42 Å². The number of sulfonamides is 1. The van der Waals surface area contributed by atoms with E-state index in [0.717, 1.165) is 21.3 Å². The molecule has 7 heteroatoms. The first-order valence-electron chi connectivity index (χ1n) is 8.06. The van der Waals surface area contributed by atoms with Gasteiger partial charge in [-0.3, -0.25) is 0 Å². The maximum absolute atomic E-state index is 12.5. The average Bonchev–Trinajstić information content (AvgIpc) is 3.13. The second-order valence-electron chi connectivity index (χ2n) is 6.41. The summed E-state index contributed by atoms with van der Waals surface area (Å²) in [5, 5.41) is 1.15. The SMILES string of the molecule is Cc1ccc(S(=O)(=O)NC[C@@H](c2cn(C)c3ccccc23)N(C)C)s1. The van der Waals surface area contributed by atoms with E-state index in [0.29, 0.717) is 10.8 Å². The summed E-state index contributed by atoms with van der Waals surface area (Å²) in [6.07, 6.45) is 2.08. The third-order valence-electron chi connectivity index (χ3n) is 4.36. The Kier molecular flexibility index (Phi) is 5.02. The van der Waals surface area contributed by atoms with E-state index in [9.17, 15) is 8.42 Å². The second kappa shape index (κ2) is 6.92. The fourth-order valence-corrected chi connectivity index (χ4v) is 5.39. The molecule has 3 rings (SSSR count). The molecule has 3 aromatic rings.